The van der Waals surface area contributed by atoms with Crippen molar-refractivity contribution in [1.82, 2.24) is 5.10 Å². The van der Waals surface area contributed by atoms with Gasteiger partial charge in [-0.3, -0.25) is 0 Å². The van der Waals surface area contributed by atoms with Crippen LogP contribution in [0.4, 0.5) is 26.3 Å². The second-order valence-corrected chi connectivity index (χ2v) is 4.80. The first-order valence-electron chi connectivity index (χ1n) is 6.20. The second-order valence-electron chi connectivity index (χ2n) is 4.80. The molecule has 0 N–H and O–H groups in total. The number of alkyl halides is 6. The molecule has 0 bridgehead atoms. The smallest absolute Gasteiger partial charge is 0.417 e. The number of nitrogens with zero attached hydrogens (tertiary/aromatic N) is 2. The van der Waals surface area contributed by atoms with E-state index in [9.17, 15) is 31.5 Å². The lowest BCUT2D eigenvalue weighted by molar-refractivity contribution is -0.640. The molecule has 0 saturated heterocycles. The zero-order valence-electron chi connectivity index (χ0n) is 11.0. The summed E-state index contributed by atoms with van der Waals surface area (Å²) in [6.07, 6.45) is -10.5. The fourth-order valence-corrected chi connectivity index (χ4v) is 2.37. The van der Waals surface area contributed by atoms with Crippen LogP contribution in [0.1, 0.15) is 11.1 Å². The van der Waals surface area contributed by atoms with E-state index in [1.807, 2.05) is 0 Å². The van der Waals surface area contributed by atoms with Crippen molar-refractivity contribution in [2.45, 2.75) is 12.4 Å². The van der Waals surface area contributed by atoms with Crippen LogP contribution in [0.25, 0.3) is 21.8 Å². The van der Waals surface area contributed by atoms with Crippen molar-refractivity contribution >= 4 is 21.8 Å². The molecular formula is C14H6F6N2O. The third-order valence-corrected chi connectivity index (χ3v) is 3.35. The van der Waals surface area contributed by atoms with E-state index in [-0.39, 0.29) is 27.2 Å². The summed E-state index contributed by atoms with van der Waals surface area (Å²) >= 11 is 0. The van der Waals surface area contributed by atoms with Gasteiger partial charge in [-0.15, -0.1) is 0 Å². The van der Waals surface area contributed by atoms with E-state index in [0.29, 0.717) is 6.07 Å². The van der Waals surface area contributed by atoms with Gasteiger partial charge in [0.1, 0.15) is 5.52 Å². The first-order valence-corrected chi connectivity index (χ1v) is 6.20. The molecule has 0 amide bonds. The van der Waals surface area contributed by atoms with Gasteiger partial charge in [0.2, 0.25) is 0 Å². The molecule has 0 aliphatic carbocycles. The van der Waals surface area contributed by atoms with Crippen molar-refractivity contribution in [3.05, 3.63) is 52.7 Å². The van der Waals surface area contributed by atoms with E-state index in [1.165, 1.54) is 24.3 Å². The molecule has 3 rings (SSSR count). The van der Waals surface area contributed by atoms with Gasteiger partial charge in [0, 0.05) is 16.6 Å². The van der Waals surface area contributed by atoms with Gasteiger partial charge in [-0.1, -0.05) is 18.2 Å². The normalized spacial score (nSPS) is 13.0. The van der Waals surface area contributed by atoms with Gasteiger partial charge in [0.15, 0.2) is 0 Å². The fourth-order valence-electron chi connectivity index (χ4n) is 2.37. The van der Waals surface area contributed by atoms with E-state index < -0.39 is 29.0 Å². The van der Waals surface area contributed by atoms with Crippen molar-refractivity contribution < 1.29 is 31.2 Å². The minimum Gasteiger partial charge on any atom is -0.594 e. The molecule has 0 spiro atoms. The minimum atomic E-state index is -5.25. The molecule has 0 aliphatic heterocycles. The molecule has 0 atom stereocenters. The highest BCUT2D eigenvalue weighted by Crippen LogP contribution is 2.42. The van der Waals surface area contributed by atoms with Gasteiger partial charge >= 0.3 is 12.4 Å². The van der Waals surface area contributed by atoms with Crippen molar-refractivity contribution in [2.75, 3.05) is 0 Å². The van der Waals surface area contributed by atoms with Crippen molar-refractivity contribution in [3.63, 3.8) is 0 Å². The first-order chi connectivity index (χ1) is 10.6. The van der Waals surface area contributed by atoms with Crippen molar-refractivity contribution in [2.24, 2.45) is 0 Å². The molecule has 0 aliphatic rings. The van der Waals surface area contributed by atoms with E-state index in [4.69, 9.17) is 0 Å². The summed E-state index contributed by atoms with van der Waals surface area (Å²) in [6.45, 7) is 0. The van der Waals surface area contributed by atoms with Gasteiger partial charge in [0.25, 0.3) is 5.52 Å². The van der Waals surface area contributed by atoms with Gasteiger partial charge < -0.3 is 5.21 Å². The maximum absolute atomic E-state index is 13.0. The summed E-state index contributed by atoms with van der Waals surface area (Å²) in [5, 5.41) is 15.2. The molecule has 120 valence electrons. The van der Waals surface area contributed by atoms with Crippen molar-refractivity contribution in [1.29, 1.82) is 0 Å². The van der Waals surface area contributed by atoms with Gasteiger partial charge in [-0.05, 0) is 17.0 Å². The molecule has 0 fully saturated rings. The van der Waals surface area contributed by atoms with Crippen LogP contribution in [0, 0.1) is 5.21 Å². The molecule has 0 unspecified atom stereocenters. The molecule has 3 nitrogen and oxygen atoms in total. The Balaban J connectivity index is 2.52. The summed E-state index contributed by atoms with van der Waals surface area (Å²) in [5.41, 5.74) is -4.25. The summed E-state index contributed by atoms with van der Waals surface area (Å²) in [5.74, 6) is 0. The Hall–Kier alpha value is -2.58. The standard InChI is InChI=1S/C14H6F6N2O/c15-13(16,17)9-5-8-7-3-1-2-4-11(7)21-22(23)12(8)6-10(9)14(18,19)20/h1-6H. The summed E-state index contributed by atoms with van der Waals surface area (Å²) in [7, 11) is 0. The molecule has 0 radical (unpaired) electrons. The lowest BCUT2D eigenvalue weighted by Crippen LogP contribution is -2.32. The quantitative estimate of drug-likeness (QED) is 0.270. The number of hydrogen-bond donors (Lipinski definition) is 0. The highest BCUT2D eigenvalue weighted by Gasteiger charge is 2.44. The zero-order valence-corrected chi connectivity index (χ0v) is 11.0. The summed E-state index contributed by atoms with van der Waals surface area (Å²) < 4.78 is 77.8. The largest absolute Gasteiger partial charge is 0.594 e. The number of aromatic nitrogens is 2. The molecule has 2 aromatic carbocycles. The third kappa shape index (κ3) is 2.51. The van der Waals surface area contributed by atoms with Crippen LogP contribution in [0.15, 0.2) is 36.4 Å². The van der Waals surface area contributed by atoms with Crippen LogP contribution in [0.2, 0.25) is 0 Å². The van der Waals surface area contributed by atoms with Crippen LogP contribution in [0.5, 0.6) is 0 Å². The zero-order chi connectivity index (χ0) is 17.0. The average molecular weight is 332 g/mol. The number of fused-ring (bicyclic) bond motifs is 3. The maximum atomic E-state index is 13.0. The number of benzene rings is 2. The predicted molar refractivity (Wildman–Crippen MR) is 68.2 cm³/mol. The van der Waals surface area contributed by atoms with Crippen LogP contribution < -0.4 is 4.85 Å². The number of halogens is 6. The van der Waals surface area contributed by atoms with Crippen molar-refractivity contribution in [3.8, 4) is 0 Å². The van der Waals surface area contributed by atoms with E-state index in [0.717, 1.165) is 0 Å². The molecule has 23 heavy (non-hydrogen) atoms. The molecule has 3 aromatic rings. The molecular weight excluding hydrogens is 326 g/mol. The number of rotatable bonds is 0. The Morgan fingerprint density at radius 1 is 0.826 bits per heavy atom. The second kappa shape index (κ2) is 4.71. The Kier molecular flexibility index (Phi) is 3.13. The van der Waals surface area contributed by atoms with E-state index in [2.05, 4.69) is 5.10 Å². The molecule has 9 heteroatoms. The van der Waals surface area contributed by atoms with Gasteiger partial charge in [-0.2, -0.15) is 26.3 Å². The maximum Gasteiger partial charge on any atom is 0.417 e. The van der Waals surface area contributed by atoms with Gasteiger partial charge in [-0.25, -0.2) is 0 Å². The molecule has 0 saturated carbocycles. The van der Waals surface area contributed by atoms with E-state index >= 15 is 0 Å². The van der Waals surface area contributed by atoms with Crippen LogP contribution in [0.3, 0.4) is 0 Å². The highest BCUT2D eigenvalue weighted by atomic mass is 19.4. The topological polar surface area (TPSA) is 39.8 Å². The highest BCUT2D eigenvalue weighted by molar-refractivity contribution is 6.02. The first kappa shape index (κ1) is 15.3. The SMILES string of the molecule is [O-][n+]1nc2ccccc2c2cc(C(F)(F)F)c(C(F)(F)F)cc21. The van der Waals surface area contributed by atoms with Crippen LogP contribution in [-0.2, 0) is 12.4 Å². The Bertz CT molecular complexity index is 917. The van der Waals surface area contributed by atoms with Gasteiger partial charge in [0.05, 0.1) is 16.5 Å². The van der Waals surface area contributed by atoms with Crippen LogP contribution >= 0.6 is 0 Å². The van der Waals surface area contributed by atoms with Crippen LogP contribution in [-0.4, -0.2) is 5.10 Å². The summed E-state index contributed by atoms with van der Waals surface area (Å²) in [6, 6.07) is 6.30. The molecule has 1 aromatic heterocycles. The predicted octanol–water partition coefficient (Wildman–Crippen LogP) is 4.06. The molecule has 1 heterocycles. The Labute approximate surface area is 124 Å². The minimum absolute atomic E-state index is 0.0860. The Morgan fingerprint density at radius 2 is 1.39 bits per heavy atom. The number of hydrogen-bond acceptors (Lipinski definition) is 2. The monoisotopic (exact) mass is 332 g/mol. The lowest BCUT2D eigenvalue weighted by atomic mass is 10.0. The lowest BCUT2D eigenvalue weighted by Gasteiger charge is -2.16. The Morgan fingerprint density at radius 3 is 2.00 bits per heavy atom. The average Bonchev–Trinajstić information content (AvgIpc) is 2.44. The fraction of sp³-hybridized carbons (Fsp3) is 0.143. The third-order valence-electron chi connectivity index (χ3n) is 3.35. The summed E-state index contributed by atoms with van der Waals surface area (Å²) in [4.78, 5) is -0.104. The van der Waals surface area contributed by atoms with E-state index in [1.54, 1.807) is 0 Å².